The Balaban J connectivity index is 1.56. The molecule has 3 unspecified atom stereocenters. The third-order valence-corrected chi connectivity index (χ3v) is 5.78. The smallest absolute Gasteiger partial charge is 0.224 e. The zero-order valence-electron chi connectivity index (χ0n) is 12.5. The summed E-state index contributed by atoms with van der Waals surface area (Å²) < 4.78 is 0. The van der Waals surface area contributed by atoms with E-state index in [2.05, 4.69) is 23.5 Å². The van der Waals surface area contributed by atoms with Crippen LogP contribution in [0.2, 0.25) is 0 Å². The van der Waals surface area contributed by atoms with Gasteiger partial charge in [-0.05, 0) is 60.6 Å². The van der Waals surface area contributed by atoms with E-state index in [4.69, 9.17) is 5.73 Å². The first-order valence-electron chi connectivity index (χ1n) is 8.42. The van der Waals surface area contributed by atoms with E-state index in [0.717, 1.165) is 30.4 Å². The van der Waals surface area contributed by atoms with Gasteiger partial charge < -0.3 is 11.1 Å². The quantitative estimate of drug-likeness (QED) is 0.874. The largest absolute Gasteiger partial charge is 0.326 e. The van der Waals surface area contributed by atoms with Crippen LogP contribution in [0.25, 0.3) is 0 Å². The number of carbonyl (C=O) groups is 1. The summed E-state index contributed by atoms with van der Waals surface area (Å²) in [5.74, 6) is 2.60. The lowest BCUT2D eigenvalue weighted by Gasteiger charge is -2.15. The number of benzene rings is 1. The van der Waals surface area contributed by atoms with E-state index in [1.807, 2.05) is 0 Å². The maximum absolute atomic E-state index is 11.6. The van der Waals surface area contributed by atoms with Crippen molar-refractivity contribution in [3.05, 3.63) is 29.3 Å². The van der Waals surface area contributed by atoms with E-state index in [1.165, 1.54) is 36.8 Å². The van der Waals surface area contributed by atoms with Crippen molar-refractivity contribution in [1.82, 2.24) is 0 Å². The minimum Gasteiger partial charge on any atom is -0.326 e. The molecule has 1 amide bonds. The number of nitrogens with one attached hydrogen (secondary N) is 1. The van der Waals surface area contributed by atoms with Gasteiger partial charge in [0.2, 0.25) is 5.91 Å². The van der Waals surface area contributed by atoms with Gasteiger partial charge in [-0.25, -0.2) is 0 Å². The molecule has 1 aromatic carbocycles. The standard InChI is InChI=1S/C18H24N2O/c19-18(17-13-5-1-2-6-14(13)17)12-8-9-15-11(10-12)4-3-7-16(21)20-15/h8-10,13-14,17-18H,1-7,19H2,(H,20,21). The first-order chi connectivity index (χ1) is 10.2. The van der Waals surface area contributed by atoms with Crippen molar-refractivity contribution in [1.29, 1.82) is 0 Å². The van der Waals surface area contributed by atoms with Gasteiger partial charge in [-0.1, -0.05) is 25.0 Å². The van der Waals surface area contributed by atoms with Crippen LogP contribution in [-0.2, 0) is 11.2 Å². The summed E-state index contributed by atoms with van der Waals surface area (Å²) in [4.78, 5) is 11.6. The summed E-state index contributed by atoms with van der Waals surface area (Å²) in [6, 6.07) is 6.61. The average Bonchev–Trinajstić information content (AvgIpc) is 3.24. The highest BCUT2D eigenvalue weighted by Gasteiger charge is 2.53. The Kier molecular flexibility index (Phi) is 3.26. The van der Waals surface area contributed by atoms with Crippen LogP contribution in [-0.4, -0.2) is 5.91 Å². The zero-order valence-corrected chi connectivity index (χ0v) is 12.5. The van der Waals surface area contributed by atoms with Gasteiger partial charge in [0.15, 0.2) is 0 Å². The number of nitrogens with two attached hydrogens (primary N) is 1. The van der Waals surface area contributed by atoms with E-state index in [1.54, 1.807) is 0 Å². The number of carbonyl (C=O) groups excluding carboxylic acids is 1. The van der Waals surface area contributed by atoms with Crippen LogP contribution in [0.4, 0.5) is 5.69 Å². The van der Waals surface area contributed by atoms with Crippen molar-refractivity contribution in [3.8, 4) is 0 Å². The monoisotopic (exact) mass is 284 g/mol. The number of hydrogen-bond acceptors (Lipinski definition) is 2. The Morgan fingerprint density at radius 2 is 1.86 bits per heavy atom. The summed E-state index contributed by atoms with van der Waals surface area (Å²) in [6.07, 6.45) is 8.08. The van der Waals surface area contributed by atoms with Crippen LogP contribution < -0.4 is 11.1 Å². The fourth-order valence-electron chi connectivity index (χ4n) is 4.60. The van der Waals surface area contributed by atoms with Gasteiger partial charge in [-0.3, -0.25) is 4.79 Å². The second-order valence-electron chi connectivity index (χ2n) is 7.03. The maximum atomic E-state index is 11.6. The summed E-state index contributed by atoms with van der Waals surface area (Å²) >= 11 is 0. The normalized spacial score (nSPS) is 32.4. The minimum absolute atomic E-state index is 0.138. The summed E-state index contributed by atoms with van der Waals surface area (Å²) in [5.41, 5.74) is 10.1. The van der Waals surface area contributed by atoms with Crippen LogP contribution in [0.3, 0.4) is 0 Å². The number of amides is 1. The molecule has 4 rings (SSSR count). The molecular weight excluding hydrogens is 260 g/mol. The molecular formula is C18H24N2O. The summed E-state index contributed by atoms with van der Waals surface area (Å²) in [5, 5.41) is 3.00. The van der Waals surface area contributed by atoms with Crippen molar-refractivity contribution in [2.24, 2.45) is 23.5 Å². The van der Waals surface area contributed by atoms with Crippen LogP contribution in [0.5, 0.6) is 0 Å². The molecule has 112 valence electrons. The third-order valence-electron chi connectivity index (χ3n) is 5.78. The van der Waals surface area contributed by atoms with Gasteiger partial charge in [0.05, 0.1) is 0 Å². The van der Waals surface area contributed by atoms with Crippen LogP contribution in [0.15, 0.2) is 18.2 Å². The van der Waals surface area contributed by atoms with Gasteiger partial charge in [0.25, 0.3) is 0 Å². The molecule has 1 heterocycles. The Morgan fingerprint density at radius 3 is 2.62 bits per heavy atom. The summed E-state index contributed by atoms with van der Waals surface area (Å²) in [7, 11) is 0. The molecule has 3 N–H and O–H groups in total. The van der Waals surface area contributed by atoms with Crippen molar-refractivity contribution in [2.45, 2.75) is 51.0 Å². The highest BCUT2D eigenvalue weighted by atomic mass is 16.1. The van der Waals surface area contributed by atoms with Crippen molar-refractivity contribution >= 4 is 11.6 Å². The topological polar surface area (TPSA) is 55.1 Å². The van der Waals surface area contributed by atoms with E-state index in [0.29, 0.717) is 12.3 Å². The fourth-order valence-corrected chi connectivity index (χ4v) is 4.60. The number of rotatable bonds is 2. The molecule has 0 radical (unpaired) electrons. The Morgan fingerprint density at radius 1 is 1.10 bits per heavy atom. The zero-order chi connectivity index (χ0) is 14.4. The molecule has 2 aliphatic carbocycles. The average molecular weight is 284 g/mol. The van der Waals surface area contributed by atoms with Crippen LogP contribution >= 0.6 is 0 Å². The van der Waals surface area contributed by atoms with E-state index in [9.17, 15) is 4.79 Å². The van der Waals surface area contributed by atoms with E-state index < -0.39 is 0 Å². The van der Waals surface area contributed by atoms with Crippen molar-refractivity contribution < 1.29 is 4.79 Å². The molecule has 0 saturated heterocycles. The molecule has 2 saturated carbocycles. The minimum atomic E-state index is 0.138. The molecule has 1 aromatic rings. The molecule has 1 aliphatic heterocycles. The van der Waals surface area contributed by atoms with Crippen molar-refractivity contribution in [2.75, 3.05) is 5.32 Å². The molecule has 3 nitrogen and oxygen atoms in total. The third kappa shape index (κ3) is 2.38. The lowest BCUT2D eigenvalue weighted by molar-refractivity contribution is -0.116. The van der Waals surface area contributed by atoms with Crippen LogP contribution in [0, 0.1) is 17.8 Å². The first kappa shape index (κ1) is 13.3. The lowest BCUT2D eigenvalue weighted by atomic mass is 9.96. The number of aryl methyl sites for hydroxylation is 1. The fraction of sp³-hybridized carbons (Fsp3) is 0.611. The second-order valence-corrected chi connectivity index (χ2v) is 7.03. The molecule has 3 aliphatic rings. The lowest BCUT2D eigenvalue weighted by Crippen LogP contribution is -2.15. The molecule has 0 bridgehead atoms. The van der Waals surface area contributed by atoms with Gasteiger partial charge in [-0.2, -0.15) is 0 Å². The highest BCUT2D eigenvalue weighted by Crippen LogP contribution is 2.59. The van der Waals surface area contributed by atoms with Gasteiger partial charge in [0.1, 0.15) is 0 Å². The predicted molar refractivity (Wildman–Crippen MR) is 83.9 cm³/mol. The van der Waals surface area contributed by atoms with Gasteiger partial charge in [-0.15, -0.1) is 0 Å². The molecule has 3 atom stereocenters. The molecule has 0 spiro atoms. The number of fused-ring (bicyclic) bond motifs is 2. The molecule has 2 fully saturated rings. The van der Waals surface area contributed by atoms with Crippen molar-refractivity contribution in [3.63, 3.8) is 0 Å². The van der Waals surface area contributed by atoms with E-state index >= 15 is 0 Å². The number of hydrogen-bond donors (Lipinski definition) is 2. The Labute approximate surface area is 126 Å². The predicted octanol–water partition coefficient (Wildman–Crippen LogP) is 3.40. The second kappa shape index (κ2) is 5.13. The highest BCUT2D eigenvalue weighted by molar-refractivity contribution is 5.92. The van der Waals surface area contributed by atoms with Gasteiger partial charge >= 0.3 is 0 Å². The molecule has 3 heteroatoms. The summed E-state index contributed by atoms with van der Waals surface area (Å²) in [6.45, 7) is 0. The van der Waals surface area contributed by atoms with E-state index in [-0.39, 0.29) is 11.9 Å². The van der Waals surface area contributed by atoms with Gasteiger partial charge in [0, 0.05) is 18.2 Å². The molecule has 21 heavy (non-hydrogen) atoms. The number of anilines is 1. The molecule has 0 aromatic heterocycles. The Hall–Kier alpha value is -1.35. The van der Waals surface area contributed by atoms with Crippen LogP contribution in [0.1, 0.15) is 55.7 Å². The SMILES string of the molecule is NC(c1ccc2c(c1)CCCC(=O)N2)C1C2CCCCC21. The Bertz CT molecular complexity index is 556. The maximum Gasteiger partial charge on any atom is 0.224 e. The first-order valence-corrected chi connectivity index (χ1v) is 8.42.